The smallest absolute Gasteiger partial charge is 0.250 e. The molecule has 4 bridgehead atoms. The second-order valence-electron chi connectivity index (χ2n) is 12.7. The van der Waals surface area contributed by atoms with E-state index in [4.69, 9.17) is 20.5 Å². The molecule has 188 valence electrons. The zero-order valence-corrected chi connectivity index (χ0v) is 23.2. The maximum absolute atomic E-state index is 6.73. The van der Waals surface area contributed by atoms with Crippen LogP contribution in [-0.4, -0.2) is 27.1 Å². The molecule has 2 aromatic rings. The van der Waals surface area contributed by atoms with Gasteiger partial charge in [-0.3, -0.25) is 0 Å². The first-order valence-electron chi connectivity index (χ1n) is 13.3. The van der Waals surface area contributed by atoms with Crippen molar-refractivity contribution in [3.63, 3.8) is 0 Å². The van der Waals surface area contributed by atoms with Gasteiger partial charge in [-0.05, 0) is 97.5 Å². The van der Waals surface area contributed by atoms with E-state index in [1.165, 1.54) is 30.4 Å². The lowest BCUT2D eigenvalue weighted by molar-refractivity contribution is -0.132. The van der Waals surface area contributed by atoms with Gasteiger partial charge in [0.1, 0.15) is 18.1 Å². The molecule has 0 aliphatic heterocycles. The van der Waals surface area contributed by atoms with Gasteiger partial charge in [-0.15, -0.1) is 0 Å². The molecule has 2 atom stereocenters. The van der Waals surface area contributed by atoms with Crippen molar-refractivity contribution < 1.29 is 13.9 Å². The number of hydrogen-bond acceptors (Lipinski definition) is 3. The quantitative estimate of drug-likeness (QED) is 0.214. The van der Waals surface area contributed by atoms with Crippen LogP contribution < -0.4 is 9.16 Å². The summed E-state index contributed by atoms with van der Waals surface area (Å²) in [4.78, 5) is 0. The van der Waals surface area contributed by atoms with Crippen LogP contribution in [0, 0.1) is 11.8 Å². The van der Waals surface area contributed by atoms with Gasteiger partial charge in [-0.25, -0.2) is 0 Å². The van der Waals surface area contributed by atoms with Crippen LogP contribution in [0.25, 0.3) is 0 Å². The molecule has 4 aliphatic carbocycles. The van der Waals surface area contributed by atoms with E-state index < -0.39 is 8.32 Å². The van der Waals surface area contributed by atoms with Gasteiger partial charge in [0.05, 0.1) is 12.2 Å². The van der Waals surface area contributed by atoms with Crippen molar-refractivity contribution in [3.05, 3.63) is 72.3 Å². The Morgan fingerprint density at radius 1 is 0.886 bits per heavy atom. The van der Waals surface area contributed by atoms with Gasteiger partial charge in [-0.1, -0.05) is 57.7 Å². The highest BCUT2D eigenvalue weighted by molar-refractivity contribution is 6.74. The number of ether oxygens (including phenoxy) is 2. The van der Waals surface area contributed by atoms with Gasteiger partial charge in [0.15, 0.2) is 0 Å². The third kappa shape index (κ3) is 4.49. The molecule has 4 fully saturated rings. The summed E-state index contributed by atoms with van der Waals surface area (Å²) in [7, 11) is -1.90. The molecule has 6 rings (SSSR count). The van der Waals surface area contributed by atoms with E-state index in [1.54, 1.807) is 0 Å². The molecule has 0 aromatic heterocycles. The first kappa shape index (κ1) is 24.6. The SMILES string of the molecule is C=C1C2(OCCOc3ccccc3)CC3CC(C2)CC1(c1cccc(O[Si](C)(C)C(C)(C)C)c1)C3. The predicted molar refractivity (Wildman–Crippen MR) is 146 cm³/mol. The topological polar surface area (TPSA) is 27.7 Å². The molecular formula is C31H42O3Si. The summed E-state index contributed by atoms with van der Waals surface area (Å²) < 4.78 is 19.4. The molecule has 0 amide bonds. The molecule has 0 heterocycles. The van der Waals surface area contributed by atoms with Crippen LogP contribution in [0.1, 0.15) is 58.4 Å². The van der Waals surface area contributed by atoms with Crippen molar-refractivity contribution in [1.82, 2.24) is 0 Å². The van der Waals surface area contributed by atoms with Crippen LogP contribution in [-0.2, 0) is 10.2 Å². The van der Waals surface area contributed by atoms with E-state index in [1.807, 2.05) is 30.3 Å². The van der Waals surface area contributed by atoms with Crippen LogP contribution in [0.3, 0.4) is 0 Å². The molecule has 4 saturated carbocycles. The summed E-state index contributed by atoms with van der Waals surface area (Å²) in [5.74, 6) is 3.32. The number of hydrogen-bond donors (Lipinski definition) is 0. The molecule has 0 saturated heterocycles. The molecule has 0 radical (unpaired) electrons. The van der Waals surface area contributed by atoms with Crippen molar-refractivity contribution in [1.29, 1.82) is 0 Å². The third-order valence-electron chi connectivity index (χ3n) is 9.34. The van der Waals surface area contributed by atoms with Crippen molar-refractivity contribution in [2.45, 2.75) is 82.0 Å². The summed E-state index contributed by atoms with van der Waals surface area (Å²) >= 11 is 0. The lowest BCUT2D eigenvalue weighted by Crippen LogP contribution is -2.60. The highest BCUT2D eigenvalue weighted by Crippen LogP contribution is 2.65. The minimum absolute atomic E-state index is 0.00281. The zero-order valence-electron chi connectivity index (χ0n) is 22.2. The number of rotatable bonds is 8. The fourth-order valence-corrected chi connectivity index (χ4v) is 7.82. The number of para-hydroxylation sites is 1. The lowest BCUT2D eigenvalue weighted by atomic mass is 9.44. The van der Waals surface area contributed by atoms with Crippen molar-refractivity contribution >= 4 is 8.32 Å². The van der Waals surface area contributed by atoms with Crippen LogP contribution in [0.4, 0.5) is 0 Å². The largest absolute Gasteiger partial charge is 0.543 e. The predicted octanol–water partition coefficient (Wildman–Crippen LogP) is 7.92. The van der Waals surface area contributed by atoms with E-state index in [0.717, 1.165) is 24.3 Å². The fourth-order valence-electron chi connectivity index (χ4n) is 6.80. The molecule has 4 heteroatoms. The fraction of sp³-hybridized carbons (Fsp3) is 0.548. The summed E-state index contributed by atoms with van der Waals surface area (Å²) in [6.45, 7) is 17.5. The van der Waals surface area contributed by atoms with Crippen molar-refractivity contribution in [2.24, 2.45) is 11.8 Å². The standard InChI is InChI=1S/C31H42O3Si/c1-23-30(26-11-10-14-28(18-26)34-35(5,6)29(2,3)4)19-24-17-25(20-30)22-31(23,21-24)33-16-15-32-27-12-8-7-9-13-27/h7-14,18,24-25H,1,15-17,19-22H2,2-6H3. The van der Waals surface area contributed by atoms with Gasteiger partial charge in [0.2, 0.25) is 8.32 Å². The average Bonchev–Trinajstić information content (AvgIpc) is 2.80. The van der Waals surface area contributed by atoms with Crippen LogP contribution in [0.2, 0.25) is 18.1 Å². The molecule has 2 aromatic carbocycles. The molecule has 2 unspecified atom stereocenters. The molecule has 3 nitrogen and oxygen atoms in total. The second-order valence-corrected chi connectivity index (χ2v) is 17.5. The summed E-state index contributed by atoms with van der Waals surface area (Å²) in [6.07, 6.45) is 5.93. The molecule has 0 spiro atoms. The van der Waals surface area contributed by atoms with Crippen molar-refractivity contribution in [2.75, 3.05) is 13.2 Å². The first-order valence-corrected chi connectivity index (χ1v) is 16.3. The van der Waals surface area contributed by atoms with Gasteiger partial charge >= 0.3 is 0 Å². The van der Waals surface area contributed by atoms with Gasteiger partial charge in [-0.2, -0.15) is 0 Å². The minimum Gasteiger partial charge on any atom is -0.543 e. The molecule has 0 N–H and O–H groups in total. The van der Waals surface area contributed by atoms with E-state index >= 15 is 0 Å². The highest BCUT2D eigenvalue weighted by atomic mass is 28.4. The summed E-state index contributed by atoms with van der Waals surface area (Å²) in [6, 6.07) is 19.0. The molecule has 35 heavy (non-hydrogen) atoms. The Kier molecular flexibility index (Phi) is 6.20. The summed E-state index contributed by atoms with van der Waals surface area (Å²) in [5, 5.41) is 0.174. The second kappa shape index (κ2) is 8.81. The van der Waals surface area contributed by atoms with Crippen molar-refractivity contribution in [3.8, 4) is 11.5 Å². The normalized spacial score (nSPS) is 29.9. The average molecular weight is 491 g/mol. The van der Waals surface area contributed by atoms with E-state index in [-0.39, 0.29) is 16.1 Å². The Hall–Kier alpha value is -2.04. The van der Waals surface area contributed by atoms with Gasteiger partial charge in [0.25, 0.3) is 0 Å². The van der Waals surface area contributed by atoms with E-state index in [2.05, 4.69) is 58.1 Å². The summed E-state index contributed by atoms with van der Waals surface area (Å²) in [5.41, 5.74) is 2.44. The lowest BCUT2D eigenvalue weighted by Gasteiger charge is -2.63. The molecule has 4 aliphatic rings. The monoisotopic (exact) mass is 490 g/mol. The van der Waals surface area contributed by atoms with E-state index in [9.17, 15) is 0 Å². The minimum atomic E-state index is -1.90. The maximum atomic E-state index is 6.73. The highest BCUT2D eigenvalue weighted by Gasteiger charge is 2.61. The first-order chi connectivity index (χ1) is 16.5. The third-order valence-corrected chi connectivity index (χ3v) is 13.7. The van der Waals surface area contributed by atoms with Gasteiger partial charge < -0.3 is 13.9 Å². The molecular weight excluding hydrogens is 448 g/mol. The zero-order chi connectivity index (χ0) is 24.9. The van der Waals surface area contributed by atoms with Gasteiger partial charge in [0, 0.05) is 5.41 Å². The maximum Gasteiger partial charge on any atom is 0.250 e. The van der Waals surface area contributed by atoms with Crippen LogP contribution >= 0.6 is 0 Å². The Balaban J connectivity index is 1.36. The van der Waals surface area contributed by atoms with E-state index in [0.29, 0.717) is 25.0 Å². The Morgan fingerprint density at radius 2 is 1.54 bits per heavy atom. The Labute approximate surface area is 213 Å². The van der Waals surface area contributed by atoms with Crippen LogP contribution in [0.15, 0.2) is 66.7 Å². The number of benzene rings is 2. The van der Waals surface area contributed by atoms with Crippen LogP contribution in [0.5, 0.6) is 11.5 Å². The Bertz CT molecular complexity index is 1050. The Morgan fingerprint density at radius 3 is 2.20 bits per heavy atom.